The summed E-state index contributed by atoms with van der Waals surface area (Å²) in [4.78, 5) is 0. The number of hydrogen-bond donors (Lipinski definition) is 0. The Balaban J connectivity index is 0. The van der Waals surface area contributed by atoms with E-state index in [1.807, 2.05) is 0 Å². The van der Waals surface area contributed by atoms with Crippen LogP contribution in [0.4, 0.5) is 0 Å². The Morgan fingerprint density at radius 1 is 0.700 bits per heavy atom. The predicted molar refractivity (Wildman–Crippen MR) is 48.4 cm³/mol. The van der Waals surface area contributed by atoms with Gasteiger partial charge < -0.3 is 0 Å². The van der Waals surface area contributed by atoms with Crippen molar-refractivity contribution in [3.8, 4) is 0 Å². The van der Waals surface area contributed by atoms with Crippen LogP contribution >= 0.6 is 0 Å². The van der Waals surface area contributed by atoms with Crippen molar-refractivity contribution in [3.05, 3.63) is 0 Å². The van der Waals surface area contributed by atoms with Crippen molar-refractivity contribution in [2.75, 3.05) is 0 Å². The summed E-state index contributed by atoms with van der Waals surface area (Å²) in [7, 11) is 0. The van der Waals surface area contributed by atoms with Gasteiger partial charge in [-0.1, -0.05) is 0 Å². The largest absolute Gasteiger partial charge is 0 e. The Morgan fingerprint density at radius 3 is 0.900 bits per heavy atom. The summed E-state index contributed by atoms with van der Waals surface area (Å²) in [5.74, 6) is 0. The van der Waals surface area contributed by atoms with Crippen LogP contribution in [0.25, 0.3) is 0 Å². The van der Waals surface area contributed by atoms with Gasteiger partial charge in [-0.25, -0.2) is 0 Å². The fourth-order valence-electron chi connectivity index (χ4n) is 1.50. The second-order valence-electron chi connectivity index (χ2n) is 2.91. The molecule has 0 saturated heterocycles. The van der Waals surface area contributed by atoms with E-state index in [-0.39, 0.29) is 5.48 Å². The fraction of sp³-hybridized carbons (Fsp3) is 1.00. The standard InChI is InChI=1S/4C2H5.O.Sn/c4*1-2;;/h4*1H2,2H3;;. The molecule has 0 atom stereocenters. The SMILES string of the molecule is C[CH2][Sn]([CH2]C)([CH2]C)[CH2]C.[O]. The Hall–Kier alpha value is 0.759. The molecule has 0 spiro atoms. The summed E-state index contributed by atoms with van der Waals surface area (Å²) in [6.07, 6.45) is 0. The molecule has 0 heterocycles. The molecule has 0 rings (SSSR count). The zero-order valence-corrected chi connectivity index (χ0v) is 10.6. The van der Waals surface area contributed by atoms with Gasteiger partial charge in [0.15, 0.2) is 0 Å². The Morgan fingerprint density at radius 2 is 0.900 bits per heavy atom. The van der Waals surface area contributed by atoms with E-state index < -0.39 is 18.4 Å². The van der Waals surface area contributed by atoms with Crippen molar-refractivity contribution in [2.24, 2.45) is 0 Å². The van der Waals surface area contributed by atoms with Gasteiger partial charge >= 0.3 is 63.8 Å². The molecule has 0 unspecified atom stereocenters. The Labute approximate surface area is 69.4 Å². The Bertz CT molecular complexity index is 52.1. The minimum atomic E-state index is -1.39. The molecule has 0 fully saturated rings. The monoisotopic (exact) mass is 252 g/mol. The number of rotatable bonds is 4. The molecule has 2 radical (unpaired) electrons. The average Bonchev–Trinajstić information content (AvgIpc) is 1.95. The van der Waals surface area contributed by atoms with E-state index in [1.165, 1.54) is 0 Å². The molecule has 0 saturated carbocycles. The van der Waals surface area contributed by atoms with Crippen LogP contribution in [-0.4, -0.2) is 18.4 Å². The first kappa shape index (κ1) is 13.4. The van der Waals surface area contributed by atoms with Crippen molar-refractivity contribution in [3.63, 3.8) is 0 Å². The first-order chi connectivity index (χ1) is 4.24. The van der Waals surface area contributed by atoms with E-state index in [1.54, 1.807) is 17.7 Å². The van der Waals surface area contributed by atoms with E-state index >= 15 is 0 Å². The zero-order chi connectivity index (χ0) is 7.33. The van der Waals surface area contributed by atoms with Gasteiger partial charge in [0.1, 0.15) is 0 Å². The van der Waals surface area contributed by atoms with Crippen molar-refractivity contribution >= 4 is 18.4 Å². The molecule has 62 valence electrons. The molecular formula is C8H20OSn. The zero-order valence-electron chi connectivity index (χ0n) is 7.74. The molecule has 10 heavy (non-hydrogen) atoms. The second kappa shape index (κ2) is 6.47. The predicted octanol–water partition coefficient (Wildman–Crippen LogP) is 3.40. The van der Waals surface area contributed by atoms with Crippen molar-refractivity contribution in [1.29, 1.82) is 0 Å². The third-order valence-corrected chi connectivity index (χ3v) is 20.1. The third kappa shape index (κ3) is 3.24. The van der Waals surface area contributed by atoms with Crippen LogP contribution in [0, 0.1) is 0 Å². The number of hydrogen-bond acceptors (Lipinski definition) is 0. The molecule has 0 aromatic carbocycles. The molecular weight excluding hydrogens is 231 g/mol. The molecule has 0 aliphatic rings. The summed E-state index contributed by atoms with van der Waals surface area (Å²) >= 11 is -1.39. The van der Waals surface area contributed by atoms with Crippen LogP contribution in [0.1, 0.15) is 27.7 Å². The van der Waals surface area contributed by atoms with Crippen molar-refractivity contribution < 1.29 is 5.48 Å². The molecule has 0 aliphatic carbocycles. The van der Waals surface area contributed by atoms with Gasteiger partial charge in [0.25, 0.3) is 0 Å². The van der Waals surface area contributed by atoms with Gasteiger partial charge in [0.05, 0.1) is 0 Å². The van der Waals surface area contributed by atoms with Gasteiger partial charge in [0, 0.05) is 5.48 Å². The van der Waals surface area contributed by atoms with E-state index in [9.17, 15) is 0 Å². The molecule has 0 aromatic heterocycles. The smallest absolute Gasteiger partial charge is 0 e. The summed E-state index contributed by atoms with van der Waals surface area (Å²) in [6.45, 7) is 9.58. The van der Waals surface area contributed by atoms with Crippen LogP contribution in [0.15, 0.2) is 0 Å². The topological polar surface area (TPSA) is 28.5 Å². The normalized spacial score (nSPS) is 10.8. The molecule has 2 heteroatoms. The fourth-order valence-corrected chi connectivity index (χ4v) is 10.1. The first-order valence-electron chi connectivity index (χ1n) is 4.24. The summed E-state index contributed by atoms with van der Waals surface area (Å²) in [5.41, 5.74) is 0. The summed E-state index contributed by atoms with van der Waals surface area (Å²) in [6, 6.07) is 0. The van der Waals surface area contributed by atoms with E-state index in [2.05, 4.69) is 27.7 Å². The van der Waals surface area contributed by atoms with Gasteiger partial charge in [0.2, 0.25) is 0 Å². The molecule has 0 bridgehead atoms. The van der Waals surface area contributed by atoms with Gasteiger partial charge in [-0.05, 0) is 0 Å². The third-order valence-electron chi connectivity index (χ3n) is 3.00. The maximum Gasteiger partial charge on any atom is 0 e. The quantitative estimate of drug-likeness (QED) is 0.685. The van der Waals surface area contributed by atoms with Crippen LogP contribution in [0.2, 0.25) is 17.7 Å². The van der Waals surface area contributed by atoms with Crippen molar-refractivity contribution in [2.45, 2.75) is 45.4 Å². The van der Waals surface area contributed by atoms with Crippen LogP contribution in [-0.2, 0) is 5.48 Å². The molecule has 0 aliphatic heterocycles. The van der Waals surface area contributed by atoms with E-state index in [0.717, 1.165) is 0 Å². The average molecular weight is 251 g/mol. The molecule has 0 amide bonds. The maximum absolute atomic E-state index is 2.40. The summed E-state index contributed by atoms with van der Waals surface area (Å²) in [5, 5.41) is 0. The second-order valence-corrected chi connectivity index (χ2v) is 19.5. The molecule has 1 nitrogen and oxygen atoms in total. The maximum atomic E-state index is 2.40. The van der Waals surface area contributed by atoms with E-state index in [0.29, 0.717) is 0 Å². The first-order valence-corrected chi connectivity index (χ1v) is 12.3. The summed E-state index contributed by atoms with van der Waals surface area (Å²) < 4.78 is 6.22. The van der Waals surface area contributed by atoms with Gasteiger partial charge in [-0.3, -0.25) is 0 Å². The van der Waals surface area contributed by atoms with Crippen LogP contribution in [0.3, 0.4) is 0 Å². The van der Waals surface area contributed by atoms with Gasteiger partial charge in [-0.15, -0.1) is 0 Å². The molecule has 0 N–H and O–H groups in total. The molecule has 0 aromatic rings. The van der Waals surface area contributed by atoms with Gasteiger partial charge in [-0.2, -0.15) is 0 Å². The Kier molecular flexibility index (Phi) is 8.64. The van der Waals surface area contributed by atoms with Crippen molar-refractivity contribution in [1.82, 2.24) is 0 Å². The minimum absolute atomic E-state index is 0. The van der Waals surface area contributed by atoms with Crippen LogP contribution in [0.5, 0.6) is 0 Å². The van der Waals surface area contributed by atoms with Crippen LogP contribution < -0.4 is 0 Å². The van der Waals surface area contributed by atoms with E-state index in [4.69, 9.17) is 0 Å². The minimum Gasteiger partial charge on any atom is 0 e.